The fourth-order valence-electron chi connectivity index (χ4n) is 4.29. The van der Waals surface area contributed by atoms with Crippen LogP contribution < -0.4 is 4.90 Å². The van der Waals surface area contributed by atoms with Crippen LogP contribution in [0.5, 0.6) is 0 Å². The number of hydrogen-bond donors (Lipinski definition) is 1. The predicted molar refractivity (Wildman–Crippen MR) is 119 cm³/mol. The zero-order valence-electron chi connectivity index (χ0n) is 17.3. The smallest absolute Gasteiger partial charge is 0.266 e. The van der Waals surface area contributed by atoms with Crippen LogP contribution in [0, 0.1) is 0 Å². The fraction of sp³-hybridized carbons (Fsp3) is 0.320. The Balaban J connectivity index is 1.38. The van der Waals surface area contributed by atoms with Crippen LogP contribution in [-0.2, 0) is 0 Å². The van der Waals surface area contributed by atoms with Crippen LogP contribution in [0.15, 0.2) is 66.8 Å². The number of piperidine rings is 1. The number of rotatable bonds is 5. The van der Waals surface area contributed by atoms with Gasteiger partial charge in [-0.3, -0.25) is 4.79 Å². The van der Waals surface area contributed by atoms with Crippen molar-refractivity contribution in [2.75, 3.05) is 24.5 Å². The summed E-state index contributed by atoms with van der Waals surface area (Å²) in [4.78, 5) is 16.8. The molecule has 0 atom stereocenters. The van der Waals surface area contributed by atoms with Gasteiger partial charge in [0.2, 0.25) is 0 Å². The van der Waals surface area contributed by atoms with Crippen molar-refractivity contribution in [3.8, 4) is 0 Å². The van der Waals surface area contributed by atoms with Crippen LogP contribution >= 0.6 is 0 Å². The summed E-state index contributed by atoms with van der Waals surface area (Å²) in [6.45, 7) is 1.61. The van der Waals surface area contributed by atoms with Crippen molar-refractivity contribution in [1.82, 2.24) is 4.90 Å². The molecule has 0 aliphatic carbocycles. The molecular formula is C25H26F2N2O2. The molecule has 0 radical (unpaired) electrons. The van der Waals surface area contributed by atoms with Crippen LogP contribution in [-0.4, -0.2) is 41.1 Å². The molecule has 0 aromatic heterocycles. The average molecular weight is 424 g/mol. The quantitative estimate of drug-likeness (QED) is 0.701. The molecule has 1 saturated heterocycles. The number of amides is 1. The summed E-state index contributed by atoms with van der Waals surface area (Å²) in [6.07, 6.45) is 4.58. The van der Waals surface area contributed by atoms with E-state index in [0.717, 1.165) is 24.0 Å². The number of fused-ring (bicyclic) bond motifs is 1. The predicted octanol–water partition coefficient (Wildman–Crippen LogP) is 5.38. The third-order valence-electron chi connectivity index (χ3n) is 6.13. The Labute approximate surface area is 181 Å². The molecule has 0 spiro atoms. The van der Waals surface area contributed by atoms with E-state index >= 15 is 0 Å². The second kappa shape index (κ2) is 9.02. The van der Waals surface area contributed by atoms with Crippen LogP contribution in [0.25, 0.3) is 6.08 Å². The highest BCUT2D eigenvalue weighted by molar-refractivity contribution is 5.95. The van der Waals surface area contributed by atoms with Crippen LogP contribution in [0.3, 0.4) is 0 Å². The highest BCUT2D eigenvalue weighted by Crippen LogP contribution is 2.33. The van der Waals surface area contributed by atoms with Crippen LogP contribution in [0.2, 0.25) is 0 Å². The standard InChI is InChI=1S/C25H26F2N2O2/c26-23(27)8-3-13-25(31)14-17-28(18-15-25)24(30)20-9-11-21(12-10-20)29-16-4-6-19-5-1-2-7-22(19)29/h1-2,4-12,31H,3,13-18H2. The number of aliphatic hydroxyl groups is 1. The largest absolute Gasteiger partial charge is 0.390 e. The van der Waals surface area contributed by atoms with Crippen LogP contribution in [0.4, 0.5) is 20.2 Å². The molecule has 162 valence electrons. The van der Waals surface area contributed by atoms with Gasteiger partial charge in [-0.25, -0.2) is 0 Å². The van der Waals surface area contributed by atoms with Crippen molar-refractivity contribution in [3.63, 3.8) is 0 Å². The molecule has 1 fully saturated rings. The molecule has 4 rings (SSSR count). The van der Waals surface area contributed by atoms with Gasteiger partial charge in [0.05, 0.1) is 5.60 Å². The van der Waals surface area contributed by atoms with E-state index in [1.165, 1.54) is 5.56 Å². The first-order valence-corrected chi connectivity index (χ1v) is 10.6. The summed E-state index contributed by atoms with van der Waals surface area (Å²) in [5, 5.41) is 10.6. The molecule has 0 bridgehead atoms. The lowest BCUT2D eigenvalue weighted by molar-refractivity contribution is -0.0222. The van der Waals surface area contributed by atoms with Crippen molar-refractivity contribution in [1.29, 1.82) is 0 Å². The van der Waals surface area contributed by atoms with E-state index in [1.807, 2.05) is 36.4 Å². The lowest BCUT2D eigenvalue weighted by atomic mass is 9.87. The molecule has 31 heavy (non-hydrogen) atoms. The third-order valence-corrected chi connectivity index (χ3v) is 6.13. The van der Waals surface area contributed by atoms with Gasteiger partial charge < -0.3 is 14.9 Å². The Kier molecular flexibility index (Phi) is 6.18. The van der Waals surface area contributed by atoms with Gasteiger partial charge >= 0.3 is 0 Å². The fourth-order valence-corrected chi connectivity index (χ4v) is 4.29. The lowest BCUT2D eigenvalue weighted by Crippen LogP contribution is -2.46. The lowest BCUT2D eigenvalue weighted by Gasteiger charge is -2.38. The molecular weight excluding hydrogens is 398 g/mol. The Morgan fingerprint density at radius 1 is 1.06 bits per heavy atom. The molecule has 2 aliphatic heterocycles. The van der Waals surface area contributed by atoms with Crippen molar-refractivity contribution in [3.05, 3.63) is 77.9 Å². The Bertz CT molecular complexity index is 989. The zero-order chi connectivity index (χ0) is 21.8. The van der Waals surface area contributed by atoms with E-state index in [0.29, 0.717) is 31.5 Å². The molecule has 1 amide bonds. The minimum atomic E-state index is -1.72. The zero-order valence-corrected chi connectivity index (χ0v) is 17.3. The molecule has 2 aromatic carbocycles. The number of nitrogens with zero attached hydrogens (tertiary/aromatic N) is 2. The Morgan fingerprint density at radius 2 is 1.77 bits per heavy atom. The third kappa shape index (κ3) is 4.85. The summed E-state index contributed by atoms with van der Waals surface area (Å²) in [5.74, 6) is -0.0674. The highest BCUT2D eigenvalue weighted by atomic mass is 19.3. The topological polar surface area (TPSA) is 43.8 Å². The minimum absolute atomic E-state index is 0.0674. The number of carbonyl (C=O) groups is 1. The molecule has 2 aromatic rings. The maximum atomic E-state index is 12.9. The minimum Gasteiger partial charge on any atom is -0.390 e. The highest BCUT2D eigenvalue weighted by Gasteiger charge is 2.33. The van der Waals surface area contributed by atoms with E-state index in [2.05, 4.69) is 29.2 Å². The van der Waals surface area contributed by atoms with Crippen LogP contribution in [0.1, 0.15) is 41.6 Å². The molecule has 2 aliphatic rings. The second-order valence-electron chi connectivity index (χ2n) is 8.17. The summed E-state index contributed by atoms with van der Waals surface area (Å²) in [6, 6.07) is 15.8. The average Bonchev–Trinajstić information content (AvgIpc) is 2.78. The van der Waals surface area contributed by atoms with E-state index in [4.69, 9.17) is 0 Å². The summed E-state index contributed by atoms with van der Waals surface area (Å²) >= 11 is 0. The maximum absolute atomic E-state index is 12.9. The molecule has 2 heterocycles. The molecule has 0 saturated carbocycles. The van der Waals surface area contributed by atoms with E-state index < -0.39 is 11.7 Å². The molecule has 4 nitrogen and oxygen atoms in total. The summed E-state index contributed by atoms with van der Waals surface area (Å²) in [5.41, 5.74) is 2.95. The number of halogens is 2. The van der Waals surface area contributed by atoms with Crippen molar-refractivity contribution in [2.45, 2.75) is 31.3 Å². The van der Waals surface area contributed by atoms with Gasteiger partial charge in [-0.15, -0.1) is 0 Å². The number of carbonyl (C=O) groups excluding carboxylic acids is 1. The monoisotopic (exact) mass is 424 g/mol. The SMILES string of the molecule is O=C(c1ccc(N2CC=Cc3ccccc32)cc1)N1CCC(O)(CCC=C(F)F)CC1. The second-order valence-corrected chi connectivity index (χ2v) is 8.17. The van der Waals surface area contributed by atoms with Crippen molar-refractivity contribution >= 4 is 23.4 Å². The number of hydrogen-bond acceptors (Lipinski definition) is 3. The number of benzene rings is 2. The van der Waals surface area contributed by atoms with Gasteiger partial charge in [-0.2, -0.15) is 8.78 Å². The summed E-state index contributed by atoms with van der Waals surface area (Å²) in [7, 11) is 0. The van der Waals surface area contributed by atoms with Gasteiger partial charge in [0.1, 0.15) is 0 Å². The van der Waals surface area contributed by atoms with Gasteiger partial charge in [0, 0.05) is 36.6 Å². The molecule has 6 heteroatoms. The van der Waals surface area contributed by atoms with Crippen molar-refractivity contribution < 1.29 is 18.7 Å². The van der Waals surface area contributed by atoms with Gasteiger partial charge in [0.25, 0.3) is 12.0 Å². The first-order valence-electron chi connectivity index (χ1n) is 10.6. The Morgan fingerprint density at radius 3 is 2.48 bits per heavy atom. The molecule has 0 unspecified atom stereocenters. The van der Waals surface area contributed by atoms with Gasteiger partial charge in [-0.1, -0.05) is 30.4 Å². The summed E-state index contributed by atoms with van der Waals surface area (Å²) < 4.78 is 24.4. The maximum Gasteiger partial charge on any atom is 0.266 e. The molecule has 1 N–H and O–H groups in total. The first kappa shape index (κ1) is 21.2. The van der Waals surface area contributed by atoms with E-state index in [1.54, 1.807) is 4.90 Å². The van der Waals surface area contributed by atoms with E-state index in [9.17, 15) is 18.7 Å². The van der Waals surface area contributed by atoms with Gasteiger partial charge in [-0.05, 0) is 67.7 Å². The normalized spacial score (nSPS) is 17.3. The Hall–Kier alpha value is -2.99. The number of para-hydroxylation sites is 1. The number of allylic oxidation sites excluding steroid dienone is 1. The van der Waals surface area contributed by atoms with Crippen molar-refractivity contribution in [2.24, 2.45) is 0 Å². The number of anilines is 2. The number of likely N-dealkylation sites (tertiary alicyclic amines) is 1. The first-order chi connectivity index (χ1) is 15.0. The van der Waals surface area contributed by atoms with Gasteiger partial charge in [0.15, 0.2) is 0 Å². The van der Waals surface area contributed by atoms with E-state index in [-0.39, 0.29) is 18.7 Å².